The molecule has 4 aliphatic carbocycles. The number of pyridine rings is 2. The number of carbonyl (C=O) groups is 1. The highest BCUT2D eigenvalue weighted by atomic mass is 32.2. The standard InChI is InChI=1S/C33H38N4O3S/c1-20-7-6-9-29(36-20)41-19-27(39)33(40)13-12-24-23-11-10-22-15-25-21(18-35-37(25)28-8-4-5-14-34-28)16-31(22,2)30(23)26(38)17-32(24,33)3/h4-9,14-15,18,23-24,26,30,38,40H,10-13,16-17,19H2,1-3H3/t23?,24?,26?,30?,31?,32?,33-/m0/s1. The van der Waals surface area contributed by atoms with Gasteiger partial charge < -0.3 is 10.2 Å². The van der Waals surface area contributed by atoms with Gasteiger partial charge in [-0.1, -0.05) is 43.3 Å². The van der Waals surface area contributed by atoms with Gasteiger partial charge in [0.05, 0.1) is 28.8 Å². The fourth-order valence-corrected chi connectivity index (χ4v) is 10.1. The number of aromatic nitrogens is 4. The molecule has 3 aromatic rings. The summed E-state index contributed by atoms with van der Waals surface area (Å²) in [5.41, 5.74) is 2.29. The quantitative estimate of drug-likeness (QED) is 0.406. The van der Waals surface area contributed by atoms with Gasteiger partial charge in [0, 0.05) is 17.3 Å². The van der Waals surface area contributed by atoms with Crippen molar-refractivity contribution in [1.29, 1.82) is 0 Å². The normalized spacial score (nSPS) is 35.6. The Kier molecular flexibility index (Phi) is 6.34. The summed E-state index contributed by atoms with van der Waals surface area (Å²) in [5, 5.41) is 29.5. The number of hydrogen-bond donors (Lipinski definition) is 2. The molecule has 2 N–H and O–H groups in total. The molecule has 7 atom stereocenters. The number of rotatable bonds is 5. The van der Waals surface area contributed by atoms with E-state index in [4.69, 9.17) is 5.10 Å². The second-order valence-corrected chi connectivity index (χ2v) is 14.2. The molecule has 214 valence electrons. The van der Waals surface area contributed by atoms with E-state index < -0.39 is 17.1 Å². The predicted octanol–water partition coefficient (Wildman–Crippen LogP) is 5.22. The third kappa shape index (κ3) is 4.01. The minimum absolute atomic E-state index is 0.0789. The van der Waals surface area contributed by atoms with Crippen LogP contribution in [0.15, 0.2) is 59.4 Å². The van der Waals surface area contributed by atoms with Gasteiger partial charge in [0.2, 0.25) is 0 Å². The number of carbonyl (C=O) groups excluding carboxylic acids is 1. The maximum absolute atomic E-state index is 13.7. The molecule has 0 aromatic carbocycles. The molecule has 8 heteroatoms. The highest BCUT2D eigenvalue weighted by molar-refractivity contribution is 7.99. The molecule has 7 nitrogen and oxygen atoms in total. The Morgan fingerprint density at radius 1 is 1.17 bits per heavy atom. The number of nitrogens with zero attached hydrogens (tertiary/aromatic N) is 4. The van der Waals surface area contributed by atoms with Crippen LogP contribution in [0.5, 0.6) is 0 Å². The van der Waals surface area contributed by atoms with Gasteiger partial charge in [0.1, 0.15) is 5.60 Å². The van der Waals surface area contributed by atoms with Crippen LogP contribution in [-0.4, -0.2) is 53.2 Å². The fourth-order valence-electron chi connectivity index (χ4n) is 9.17. The van der Waals surface area contributed by atoms with Crippen LogP contribution in [0, 0.1) is 35.5 Å². The zero-order valence-electron chi connectivity index (χ0n) is 24.0. The molecule has 3 aromatic heterocycles. The summed E-state index contributed by atoms with van der Waals surface area (Å²) in [5.74, 6) is 1.40. The number of fused-ring (bicyclic) bond motifs is 6. The Labute approximate surface area is 245 Å². The van der Waals surface area contributed by atoms with Crippen molar-refractivity contribution in [3.63, 3.8) is 0 Å². The van der Waals surface area contributed by atoms with E-state index in [0.29, 0.717) is 12.8 Å². The summed E-state index contributed by atoms with van der Waals surface area (Å²) in [6.45, 7) is 6.33. The third-order valence-electron chi connectivity index (χ3n) is 11.1. The smallest absolute Gasteiger partial charge is 0.175 e. The number of aryl methyl sites for hydroxylation is 1. The number of hydrogen-bond acceptors (Lipinski definition) is 7. The third-order valence-corrected chi connectivity index (χ3v) is 12.0. The van der Waals surface area contributed by atoms with E-state index in [9.17, 15) is 15.0 Å². The van der Waals surface area contributed by atoms with Crippen LogP contribution in [-0.2, 0) is 11.2 Å². The number of aliphatic hydroxyl groups excluding tert-OH is 1. The fraction of sp³-hybridized carbons (Fsp3) is 0.515. The highest BCUT2D eigenvalue weighted by Crippen LogP contribution is 2.67. The van der Waals surface area contributed by atoms with Crippen molar-refractivity contribution in [2.75, 3.05) is 5.75 Å². The summed E-state index contributed by atoms with van der Waals surface area (Å²) in [7, 11) is 0. The molecular formula is C33H38N4O3S. The summed E-state index contributed by atoms with van der Waals surface area (Å²) in [4.78, 5) is 22.7. The van der Waals surface area contributed by atoms with Gasteiger partial charge in [0.15, 0.2) is 11.6 Å². The van der Waals surface area contributed by atoms with Crippen LogP contribution in [0.25, 0.3) is 11.9 Å². The van der Waals surface area contributed by atoms with Crippen LogP contribution in [0.2, 0.25) is 0 Å². The Bertz CT molecular complexity index is 1540. The molecule has 3 saturated carbocycles. The second kappa shape index (κ2) is 9.61. The number of aliphatic hydroxyl groups is 2. The maximum atomic E-state index is 13.7. The minimum Gasteiger partial charge on any atom is -0.393 e. The number of allylic oxidation sites excluding steroid dienone is 1. The van der Waals surface area contributed by atoms with E-state index in [0.717, 1.165) is 47.9 Å². The summed E-state index contributed by atoms with van der Waals surface area (Å²) in [6, 6.07) is 11.6. The summed E-state index contributed by atoms with van der Waals surface area (Å²) in [6.07, 6.45) is 9.91. The predicted molar refractivity (Wildman–Crippen MR) is 158 cm³/mol. The first-order chi connectivity index (χ1) is 19.6. The molecule has 3 heterocycles. The zero-order chi connectivity index (χ0) is 28.6. The lowest BCUT2D eigenvalue weighted by Gasteiger charge is -2.60. The van der Waals surface area contributed by atoms with E-state index in [1.165, 1.54) is 22.9 Å². The molecule has 0 saturated heterocycles. The molecule has 6 unspecified atom stereocenters. The van der Waals surface area contributed by atoms with E-state index in [2.05, 4.69) is 29.9 Å². The van der Waals surface area contributed by atoms with Crippen LogP contribution < -0.4 is 0 Å². The topological polar surface area (TPSA) is 101 Å². The molecule has 0 bridgehead atoms. The van der Waals surface area contributed by atoms with Gasteiger partial charge in [-0.15, -0.1) is 0 Å². The summed E-state index contributed by atoms with van der Waals surface area (Å²) >= 11 is 1.39. The van der Waals surface area contributed by atoms with E-state index in [1.54, 1.807) is 6.20 Å². The van der Waals surface area contributed by atoms with Gasteiger partial charge in [-0.3, -0.25) is 4.79 Å². The molecule has 3 fully saturated rings. The minimum atomic E-state index is -1.43. The van der Waals surface area contributed by atoms with Crippen LogP contribution in [0.4, 0.5) is 0 Å². The average Bonchev–Trinajstić information content (AvgIpc) is 3.48. The number of thioether (sulfide) groups is 1. The first-order valence-electron chi connectivity index (χ1n) is 14.8. The van der Waals surface area contributed by atoms with Crippen molar-refractivity contribution in [3.8, 4) is 5.82 Å². The Morgan fingerprint density at radius 3 is 2.80 bits per heavy atom. The van der Waals surface area contributed by atoms with Gasteiger partial charge >= 0.3 is 0 Å². The van der Waals surface area contributed by atoms with E-state index >= 15 is 0 Å². The maximum Gasteiger partial charge on any atom is 0.175 e. The highest BCUT2D eigenvalue weighted by Gasteiger charge is 2.68. The van der Waals surface area contributed by atoms with Crippen molar-refractivity contribution < 1.29 is 15.0 Å². The lowest BCUT2D eigenvalue weighted by Crippen LogP contribution is -2.62. The molecule has 4 aliphatic rings. The van der Waals surface area contributed by atoms with Crippen LogP contribution >= 0.6 is 11.8 Å². The molecule has 41 heavy (non-hydrogen) atoms. The first-order valence-corrected chi connectivity index (χ1v) is 15.8. The monoisotopic (exact) mass is 570 g/mol. The average molecular weight is 571 g/mol. The second-order valence-electron chi connectivity index (χ2n) is 13.2. The molecule has 0 spiro atoms. The Balaban J connectivity index is 1.16. The van der Waals surface area contributed by atoms with Crippen molar-refractivity contribution in [1.82, 2.24) is 19.7 Å². The number of Topliss-reactive ketones (excluding diaryl/α,β-unsaturated/α-hetero) is 1. The SMILES string of the molecule is Cc1cccc(SCC(=O)[C@@]2(O)CCC3C4CCC5=Cc6c(cnn6-c6ccccn6)CC5(C)C4C(O)CC32C)n1. The molecular weight excluding hydrogens is 532 g/mol. The Hall–Kier alpha value is -2.81. The van der Waals surface area contributed by atoms with Crippen molar-refractivity contribution in [2.45, 2.75) is 76.0 Å². The van der Waals surface area contributed by atoms with E-state index in [-0.39, 0.29) is 34.7 Å². The summed E-state index contributed by atoms with van der Waals surface area (Å²) < 4.78 is 1.93. The van der Waals surface area contributed by atoms with Crippen molar-refractivity contribution in [3.05, 3.63) is 71.3 Å². The first kappa shape index (κ1) is 27.0. The van der Waals surface area contributed by atoms with Crippen LogP contribution in [0.3, 0.4) is 0 Å². The lowest BCUT2D eigenvalue weighted by atomic mass is 9.45. The largest absolute Gasteiger partial charge is 0.393 e. The lowest BCUT2D eigenvalue weighted by molar-refractivity contribution is -0.177. The molecule has 0 aliphatic heterocycles. The van der Waals surface area contributed by atoms with Gasteiger partial charge in [-0.05, 0) is 105 Å². The van der Waals surface area contributed by atoms with Crippen LogP contribution in [0.1, 0.15) is 62.9 Å². The Morgan fingerprint density at radius 2 is 2.02 bits per heavy atom. The van der Waals surface area contributed by atoms with Gasteiger partial charge in [-0.25, -0.2) is 14.6 Å². The van der Waals surface area contributed by atoms with Crippen molar-refractivity contribution in [2.24, 2.45) is 28.6 Å². The molecule has 7 rings (SSSR count). The van der Waals surface area contributed by atoms with E-state index in [1.807, 2.05) is 54.2 Å². The van der Waals surface area contributed by atoms with Crippen molar-refractivity contribution >= 4 is 23.6 Å². The molecule has 0 amide bonds. The number of ketones is 1. The molecule has 0 radical (unpaired) electrons. The zero-order valence-corrected chi connectivity index (χ0v) is 24.8. The van der Waals surface area contributed by atoms with Gasteiger partial charge in [0.25, 0.3) is 0 Å². The van der Waals surface area contributed by atoms with Gasteiger partial charge in [-0.2, -0.15) is 5.10 Å².